The molecule has 27 heavy (non-hydrogen) atoms. The van der Waals surface area contributed by atoms with Gasteiger partial charge in [0, 0.05) is 18.0 Å². The van der Waals surface area contributed by atoms with E-state index in [-0.39, 0.29) is 24.2 Å². The number of aliphatic hydroxyl groups is 1. The Morgan fingerprint density at radius 3 is 2.81 bits per heavy atom. The van der Waals surface area contributed by atoms with Crippen LogP contribution in [0.1, 0.15) is 17.4 Å². The number of nitrogen functional groups attached to an aromatic ring is 1. The second kappa shape index (κ2) is 8.55. The van der Waals surface area contributed by atoms with E-state index in [1.165, 1.54) is 28.6 Å². The van der Waals surface area contributed by atoms with Gasteiger partial charge in [-0.2, -0.15) is 4.98 Å². The number of aliphatic hydroxyl groups excluding tert-OH is 1. The lowest BCUT2D eigenvalue weighted by Crippen LogP contribution is -2.29. The molecule has 1 aliphatic heterocycles. The first-order chi connectivity index (χ1) is 12.8. The number of hydrogen-bond donors (Lipinski definition) is 4. The summed E-state index contributed by atoms with van der Waals surface area (Å²) in [4.78, 5) is 25.5. The number of aromatic nitrogens is 2. The van der Waals surface area contributed by atoms with Gasteiger partial charge in [-0.25, -0.2) is 14.4 Å². The van der Waals surface area contributed by atoms with Crippen LogP contribution in [0.15, 0.2) is 47.4 Å². The molecule has 1 aliphatic rings. The molecule has 1 fully saturated rings. The van der Waals surface area contributed by atoms with E-state index in [0.29, 0.717) is 6.42 Å². The molecule has 3 rings (SSSR count). The highest BCUT2D eigenvalue weighted by Crippen LogP contribution is 2.44. The van der Waals surface area contributed by atoms with E-state index in [1.807, 2.05) is 30.3 Å². The first kappa shape index (κ1) is 20.1. The lowest BCUT2D eigenvalue weighted by atomic mass is 10.2. The highest BCUT2D eigenvalue weighted by molar-refractivity contribution is 8.00. The summed E-state index contributed by atoms with van der Waals surface area (Å²) in [5.41, 5.74) is 5.78. The summed E-state index contributed by atoms with van der Waals surface area (Å²) >= 11 is 1.29. The second-order valence-electron chi connectivity index (χ2n) is 6.13. The fraction of sp³-hybridized carbons (Fsp3) is 0.375. The van der Waals surface area contributed by atoms with Crippen molar-refractivity contribution in [3.05, 3.63) is 58.6 Å². The summed E-state index contributed by atoms with van der Waals surface area (Å²) in [5.74, 6) is 0.110. The van der Waals surface area contributed by atoms with Crippen molar-refractivity contribution < 1.29 is 19.1 Å². The van der Waals surface area contributed by atoms with Crippen LogP contribution in [0.25, 0.3) is 0 Å². The van der Waals surface area contributed by atoms with E-state index in [0.717, 1.165) is 5.56 Å². The zero-order valence-corrected chi connectivity index (χ0v) is 16.1. The van der Waals surface area contributed by atoms with Crippen LogP contribution in [-0.2, 0) is 15.6 Å². The molecule has 4 atom stereocenters. The predicted octanol–water partition coefficient (Wildman–Crippen LogP) is 1.10. The van der Waals surface area contributed by atoms with Crippen molar-refractivity contribution in [2.24, 2.45) is 0 Å². The van der Waals surface area contributed by atoms with Gasteiger partial charge in [0.1, 0.15) is 11.2 Å². The Morgan fingerprint density at radius 2 is 2.11 bits per heavy atom. The van der Waals surface area contributed by atoms with Gasteiger partial charge < -0.3 is 15.7 Å². The first-order valence-corrected chi connectivity index (χ1v) is 10.8. The Balaban J connectivity index is 1.54. The Hall–Kier alpha value is -1.68. The van der Waals surface area contributed by atoms with Crippen molar-refractivity contribution in [3.63, 3.8) is 0 Å². The monoisotopic (exact) mass is 412 g/mol. The number of thioether (sulfide) groups is 1. The average Bonchev–Trinajstić information content (AvgIpc) is 3.00. The Kier molecular flexibility index (Phi) is 6.36. The molecule has 0 aliphatic carbocycles. The largest absolute Gasteiger partial charge is 0.403 e. The number of nitrogens with two attached hydrogens (primary N) is 1. The number of benzene rings is 1. The summed E-state index contributed by atoms with van der Waals surface area (Å²) in [6.45, 7) is 0.162. The van der Waals surface area contributed by atoms with Crippen molar-refractivity contribution in [1.29, 1.82) is 0 Å². The molecular formula is C16H21N4O5PS. The maximum Gasteiger partial charge on any atom is 0.403 e. The molecule has 9 nitrogen and oxygen atoms in total. The molecule has 0 saturated carbocycles. The standard InChI is InChI=1S/C16H21N4O5PS/c17-14-6-7-20(16(22)19-14)15-13(21)8-12(27-15)10-25-26(23,24)18-9-11-4-2-1-3-5-11/h1-7,12-13,15,21H,8-10H2,(H2,17,19,22)(H2,18,23,24)/t12-,13-,15+/m0/s1. The Bertz CT molecular complexity index is 881. The summed E-state index contributed by atoms with van der Waals surface area (Å²) in [6, 6.07) is 10.7. The lowest BCUT2D eigenvalue weighted by Gasteiger charge is -2.17. The maximum absolute atomic E-state index is 12.1. The number of nitrogens with one attached hydrogen (secondary N) is 1. The summed E-state index contributed by atoms with van der Waals surface area (Å²) in [6.07, 6.45) is 1.000. The van der Waals surface area contributed by atoms with Gasteiger partial charge in [-0.15, -0.1) is 11.8 Å². The Labute approximate surface area is 160 Å². The van der Waals surface area contributed by atoms with Crippen molar-refractivity contribution in [2.75, 3.05) is 12.3 Å². The molecule has 146 valence electrons. The molecule has 0 spiro atoms. The third-order valence-corrected chi connectivity index (χ3v) is 6.64. The predicted molar refractivity (Wildman–Crippen MR) is 103 cm³/mol. The fourth-order valence-corrected chi connectivity index (χ4v) is 5.11. The van der Waals surface area contributed by atoms with Gasteiger partial charge in [0.2, 0.25) is 0 Å². The average molecular weight is 412 g/mol. The normalized spacial score (nSPS) is 24.6. The maximum atomic E-state index is 12.1. The molecule has 0 amide bonds. The zero-order valence-electron chi connectivity index (χ0n) is 14.3. The minimum Gasteiger partial charge on any atom is -0.390 e. The van der Waals surface area contributed by atoms with Crippen LogP contribution in [0, 0.1) is 0 Å². The van der Waals surface area contributed by atoms with Gasteiger partial charge in [-0.3, -0.25) is 9.09 Å². The topological polar surface area (TPSA) is 140 Å². The quantitative estimate of drug-likeness (QED) is 0.492. The van der Waals surface area contributed by atoms with E-state index >= 15 is 0 Å². The van der Waals surface area contributed by atoms with E-state index in [2.05, 4.69) is 10.1 Å². The zero-order chi connectivity index (χ0) is 19.4. The molecule has 11 heteroatoms. The van der Waals surface area contributed by atoms with Gasteiger partial charge in [0.25, 0.3) is 0 Å². The van der Waals surface area contributed by atoms with Gasteiger partial charge in [-0.1, -0.05) is 30.3 Å². The van der Waals surface area contributed by atoms with Crippen LogP contribution >= 0.6 is 19.5 Å². The Morgan fingerprint density at radius 1 is 1.37 bits per heavy atom. The molecule has 5 N–H and O–H groups in total. The minimum absolute atomic E-state index is 0.0368. The van der Waals surface area contributed by atoms with E-state index in [4.69, 9.17) is 10.3 Å². The van der Waals surface area contributed by atoms with Gasteiger partial charge >= 0.3 is 13.4 Å². The molecule has 2 heterocycles. The molecule has 1 saturated heterocycles. The molecule has 1 aromatic heterocycles. The molecule has 0 radical (unpaired) electrons. The molecular weight excluding hydrogens is 391 g/mol. The lowest BCUT2D eigenvalue weighted by molar-refractivity contribution is 0.141. The molecule has 1 aromatic carbocycles. The number of hydrogen-bond acceptors (Lipinski definition) is 7. The minimum atomic E-state index is -3.98. The summed E-state index contributed by atoms with van der Waals surface area (Å²) < 4.78 is 18.6. The van der Waals surface area contributed by atoms with Crippen LogP contribution in [0.5, 0.6) is 0 Å². The van der Waals surface area contributed by atoms with E-state index < -0.39 is 24.9 Å². The second-order valence-corrected chi connectivity index (χ2v) is 9.17. The number of anilines is 1. The van der Waals surface area contributed by atoms with Gasteiger partial charge in [0.05, 0.1) is 12.7 Å². The molecule has 0 bridgehead atoms. The highest BCUT2D eigenvalue weighted by Gasteiger charge is 2.37. The van der Waals surface area contributed by atoms with Crippen molar-refractivity contribution >= 4 is 25.3 Å². The van der Waals surface area contributed by atoms with E-state index in [1.54, 1.807) is 0 Å². The van der Waals surface area contributed by atoms with Crippen molar-refractivity contribution in [1.82, 2.24) is 14.6 Å². The first-order valence-electron chi connectivity index (χ1n) is 8.28. The summed E-state index contributed by atoms with van der Waals surface area (Å²) in [5, 5.41) is 12.0. The van der Waals surface area contributed by atoms with Crippen molar-refractivity contribution in [3.8, 4) is 0 Å². The number of nitrogens with zero attached hydrogens (tertiary/aromatic N) is 2. The van der Waals surface area contributed by atoms with Crippen LogP contribution in [-0.4, -0.2) is 37.5 Å². The highest BCUT2D eigenvalue weighted by atomic mass is 32.2. The summed E-state index contributed by atoms with van der Waals surface area (Å²) in [7, 11) is -3.98. The number of rotatable bonds is 7. The van der Waals surface area contributed by atoms with Crippen LogP contribution in [0.2, 0.25) is 0 Å². The van der Waals surface area contributed by atoms with Crippen LogP contribution in [0.4, 0.5) is 5.82 Å². The van der Waals surface area contributed by atoms with Crippen LogP contribution < -0.4 is 16.5 Å². The fourth-order valence-electron chi connectivity index (χ4n) is 2.72. The van der Waals surface area contributed by atoms with E-state index in [9.17, 15) is 19.4 Å². The molecule has 1 unspecified atom stereocenters. The van der Waals surface area contributed by atoms with Gasteiger partial charge in [-0.05, 0) is 18.1 Å². The van der Waals surface area contributed by atoms with Crippen LogP contribution in [0.3, 0.4) is 0 Å². The SMILES string of the molecule is Nc1ccn([C@@H]2S[C@H](COP(=O)(O)NCc3ccccc3)C[C@@H]2O)c(=O)n1. The van der Waals surface area contributed by atoms with Gasteiger partial charge in [0.15, 0.2) is 0 Å². The third kappa shape index (κ3) is 5.41. The smallest absolute Gasteiger partial charge is 0.390 e. The third-order valence-electron chi connectivity index (χ3n) is 4.05. The van der Waals surface area contributed by atoms with Crippen molar-refractivity contribution in [2.45, 2.75) is 29.7 Å². The molecule has 2 aromatic rings.